The van der Waals surface area contributed by atoms with Gasteiger partial charge in [-0.05, 0) is 30.3 Å². The Morgan fingerprint density at radius 1 is 1.35 bits per heavy atom. The lowest BCUT2D eigenvalue weighted by atomic mass is 10.2. The second kappa shape index (κ2) is 4.61. The van der Waals surface area contributed by atoms with Crippen molar-refractivity contribution in [3.05, 3.63) is 54.1 Å². The maximum absolute atomic E-state index is 13.1. The molecule has 0 radical (unpaired) electrons. The zero-order valence-electron chi connectivity index (χ0n) is 8.85. The molecule has 3 N–H and O–H groups in total. The van der Waals surface area contributed by atoms with Crippen LogP contribution in [0.5, 0.6) is 0 Å². The number of nitrogen functional groups attached to an aromatic ring is 1. The largest absolute Gasteiger partial charge is 0.399 e. The average Bonchev–Trinajstić information content (AvgIpc) is 2.29. The summed E-state index contributed by atoms with van der Waals surface area (Å²) in [5.74, 6) is -0.967. The predicted octanol–water partition coefficient (Wildman–Crippen LogP) is 2.06. The monoisotopic (exact) mass is 231 g/mol. The number of anilines is 2. The zero-order chi connectivity index (χ0) is 12.3. The van der Waals surface area contributed by atoms with Crippen molar-refractivity contribution >= 4 is 17.3 Å². The molecule has 86 valence electrons. The SMILES string of the molecule is Nc1cc(F)cc(C(=O)Nc2cccnc2)c1. The molecule has 0 atom stereocenters. The van der Waals surface area contributed by atoms with E-state index in [1.165, 1.54) is 12.3 Å². The number of amides is 1. The lowest BCUT2D eigenvalue weighted by Gasteiger charge is -2.05. The second-order valence-electron chi connectivity index (χ2n) is 3.47. The van der Waals surface area contributed by atoms with Gasteiger partial charge in [-0.3, -0.25) is 9.78 Å². The van der Waals surface area contributed by atoms with Crippen molar-refractivity contribution in [2.75, 3.05) is 11.1 Å². The number of carbonyl (C=O) groups is 1. The van der Waals surface area contributed by atoms with E-state index < -0.39 is 11.7 Å². The summed E-state index contributed by atoms with van der Waals surface area (Å²) in [7, 11) is 0. The van der Waals surface area contributed by atoms with Crippen molar-refractivity contribution in [1.82, 2.24) is 4.98 Å². The van der Waals surface area contributed by atoms with Gasteiger partial charge >= 0.3 is 0 Å². The number of carbonyl (C=O) groups excluding carboxylic acids is 1. The normalized spacial score (nSPS) is 9.94. The number of hydrogen-bond donors (Lipinski definition) is 2. The van der Waals surface area contributed by atoms with Crippen LogP contribution < -0.4 is 11.1 Å². The summed E-state index contributed by atoms with van der Waals surface area (Å²) in [6, 6.07) is 7.07. The zero-order valence-corrected chi connectivity index (χ0v) is 8.85. The minimum absolute atomic E-state index is 0.173. The summed E-state index contributed by atoms with van der Waals surface area (Å²) in [6.07, 6.45) is 3.09. The Morgan fingerprint density at radius 2 is 2.18 bits per heavy atom. The van der Waals surface area contributed by atoms with Crippen LogP contribution in [-0.2, 0) is 0 Å². The van der Waals surface area contributed by atoms with E-state index in [1.807, 2.05) is 0 Å². The maximum Gasteiger partial charge on any atom is 0.255 e. The molecule has 0 bridgehead atoms. The Bertz CT molecular complexity index is 522. The Kier molecular flexibility index (Phi) is 3.00. The summed E-state index contributed by atoms with van der Waals surface area (Å²) in [6.45, 7) is 0. The fraction of sp³-hybridized carbons (Fsp3) is 0. The average molecular weight is 231 g/mol. The van der Waals surface area contributed by atoms with Crippen LogP contribution in [0, 0.1) is 5.82 Å². The molecule has 5 heteroatoms. The van der Waals surface area contributed by atoms with E-state index in [1.54, 1.807) is 18.3 Å². The molecule has 0 spiro atoms. The molecule has 0 unspecified atom stereocenters. The number of nitrogens with one attached hydrogen (secondary N) is 1. The molecule has 2 aromatic rings. The van der Waals surface area contributed by atoms with E-state index in [0.29, 0.717) is 5.69 Å². The van der Waals surface area contributed by atoms with E-state index >= 15 is 0 Å². The smallest absolute Gasteiger partial charge is 0.255 e. The van der Waals surface area contributed by atoms with Crippen molar-refractivity contribution in [3.8, 4) is 0 Å². The minimum Gasteiger partial charge on any atom is -0.399 e. The van der Waals surface area contributed by atoms with Gasteiger partial charge in [0.05, 0.1) is 11.9 Å². The first-order valence-electron chi connectivity index (χ1n) is 4.92. The lowest BCUT2D eigenvalue weighted by Crippen LogP contribution is -2.12. The van der Waals surface area contributed by atoms with Crippen molar-refractivity contribution in [2.45, 2.75) is 0 Å². The predicted molar refractivity (Wildman–Crippen MR) is 63.0 cm³/mol. The molecule has 0 saturated carbocycles. The van der Waals surface area contributed by atoms with Crippen LogP contribution in [-0.4, -0.2) is 10.9 Å². The van der Waals surface area contributed by atoms with Gasteiger partial charge in [0.25, 0.3) is 5.91 Å². The van der Waals surface area contributed by atoms with Gasteiger partial charge < -0.3 is 11.1 Å². The minimum atomic E-state index is -0.540. The van der Waals surface area contributed by atoms with E-state index in [9.17, 15) is 9.18 Å². The fourth-order valence-electron chi connectivity index (χ4n) is 1.38. The Hall–Kier alpha value is -2.43. The molecule has 1 heterocycles. The molecule has 0 fully saturated rings. The molecule has 1 amide bonds. The molecule has 1 aromatic carbocycles. The summed E-state index contributed by atoms with van der Waals surface area (Å²) in [5.41, 5.74) is 6.38. The summed E-state index contributed by atoms with van der Waals surface area (Å²) in [5, 5.41) is 2.59. The van der Waals surface area contributed by atoms with Gasteiger partial charge in [0.2, 0.25) is 0 Å². The third kappa shape index (κ3) is 2.78. The van der Waals surface area contributed by atoms with Gasteiger partial charge in [-0.2, -0.15) is 0 Å². The number of nitrogens with zero attached hydrogens (tertiary/aromatic N) is 1. The van der Waals surface area contributed by atoms with Gasteiger partial charge in [0.1, 0.15) is 5.82 Å². The van der Waals surface area contributed by atoms with Gasteiger partial charge in [-0.25, -0.2) is 4.39 Å². The first kappa shape index (κ1) is 11.1. The number of halogens is 1. The van der Waals surface area contributed by atoms with Crippen LogP contribution in [0.3, 0.4) is 0 Å². The third-order valence-corrected chi connectivity index (χ3v) is 2.10. The van der Waals surface area contributed by atoms with Crippen LogP contribution in [0.1, 0.15) is 10.4 Å². The molecule has 0 aliphatic heterocycles. The Balaban J connectivity index is 2.20. The van der Waals surface area contributed by atoms with Crippen molar-refractivity contribution in [3.63, 3.8) is 0 Å². The second-order valence-corrected chi connectivity index (χ2v) is 3.47. The van der Waals surface area contributed by atoms with Crippen LogP contribution in [0.25, 0.3) is 0 Å². The highest BCUT2D eigenvalue weighted by molar-refractivity contribution is 6.04. The van der Waals surface area contributed by atoms with Gasteiger partial charge in [0, 0.05) is 17.4 Å². The number of nitrogens with two attached hydrogens (primary N) is 1. The fourth-order valence-corrected chi connectivity index (χ4v) is 1.38. The number of aromatic nitrogens is 1. The molecular formula is C12H10FN3O. The Labute approximate surface area is 97.3 Å². The topological polar surface area (TPSA) is 68.0 Å². The van der Waals surface area contributed by atoms with Crippen LogP contribution in [0.4, 0.5) is 15.8 Å². The van der Waals surface area contributed by atoms with Gasteiger partial charge in [-0.1, -0.05) is 0 Å². The van der Waals surface area contributed by atoms with E-state index in [0.717, 1.165) is 12.1 Å². The van der Waals surface area contributed by atoms with Crippen LogP contribution >= 0.6 is 0 Å². The molecule has 0 saturated heterocycles. The number of rotatable bonds is 2. The highest BCUT2D eigenvalue weighted by atomic mass is 19.1. The van der Waals surface area contributed by atoms with Crippen molar-refractivity contribution in [1.29, 1.82) is 0 Å². The molecule has 1 aromatic heterocycles. The summed E-state index contributed by atoms with van der Waals surface area (Å²) < 4.78 is 13.1. The number of benzene rings is 1. The highest BCUT2D eigenvalue weighted by Gasteiger charge is 2.08. The first-order chi connectivity index (χ1) is 8.15. The first-order valence-corrected chi connectivity index (χ1v) is 4.92. The van der Waals surface area contributed by atoms with Crippen LogP contribution in [0.15, 0.2) is 42.7 Å². The number of hydrogen-bond acceptors (Lipinski definition) is 3. The molecule has 0 aliphatic carbocycles. The van der Waals surface area contributed by atoms with Crippen LogP contribution in [0.2, 0.25) is 0 Å². The lowest BCUT2D eigenvalue weighted by molar-refractivity contribution is 0.102. The molecule has 0 aliphatic rings. The standard InChI is InChI=1S/C12H10FN3O/c13-9-4-8(5-10(14)6-9)12(17)16-11-2-1-3-15-7-11/h1-7H,14H2,(H,16,17). The van der Waals surface area contributed by atoms with E-state index in [-0.39, 0.29) is 11.3 Å². The van der Waals surface area contributed by atoms with E-state index in [2.05, 4.69) is 10.3 Å². The summed E-state index contributed by atoms with van der Waals surface area (Å²) >= 11 is 0. The third-order valence-electron chi connectivity index (χ3n) is 2.10. The van der Waals surface area contributed by atoms with Gasteiger partial charge in [-0.15, -0.1) is 0 Å². The molecular weight excluding hydrogens is 221 g/mol. The van der Waals surface area contributed by atoms with Crippen molar-refractivity contribution < 1.29 is 9.18 Å². The van der Waals surface area contributed by atoms with E-state index in [4.69, 9.17) is 5.73 Å². The molecule has 2 rings (SSSR count). The van der Waals surface area contributed by atoms with Crippen molar-refractivity contribution in [2.24, 2.45) is 0 Å². The molecule has 4 nitrogen and oxygen atoms in total. The molecule has 17 heavy (non-hydrogen) atoms. The highest BCUT2D eigenvalue weighted by Crippen LogP contribution is 2.13. The quantitative estimate of drug-likeness (QED) is 0.777. The number of pyridine rings is 1. The summed E-state index contributed by atoms with van der Waals surface area (Å²) in [4.78, 5) is 15.6. The Morgan fingerprint density at radius 3 is 2.82 bits per heavy atom. The van der Waals surface area contributed by atoms with Gasteiger partial charge in [0.15, 0.2) is 0 Å². The maximum atomic E-state index is 13.1.